The molecule has 1 N–H and O–H groups in total. The van der Waals surface area contributed by atoms with Crippen LogP contribution in [-0.2, 0) is 19.1 Å². The van der Waals surface area contributed by atoms with E-state index in [1.807, 2.05) is 45.9 Å². The highest BCUT2D eigenvalue weighted by atomic mass is 32.2. The van der Waals surface area contributed by atoms with Crippen LogP contribution >= 0.6 is 11.8 Å². The van der Waals surface area contributed by atoms with Gasteiger partial charge in [-0.25, -0.2) is 0 Å². The summed E-state index contributed by atoms with van der Waals surface area (Å²) in [4.78, 5) is 46.3. The second-order valence-electron chi connectivity index (χ2n) is 11.9. The fraction of sp³-hybridized carbons (Fsp3) is 0.594. The molecule has 7 atom stereocenters. The summed E-state index contributed by atoms with van der Waals surface area (Å²) in [6.07, 6.45) is 5.65. The Balaban J connectivity index is 1.83. The maximum Gasteiger partial charge on any atom is 0.310 e. The third-order valence-corrected chi connectivity index (χ3v) is 11.2. The van der Waals surface area contributed by atoms with E-state index in [9.17, 15) is 19.5 Å². The number of anilines is 1. The minimum absolute atomic E-state index is 0.0234. The number of carbonyl (C=O) groups excluding carboxylic acids is 3. The lowest BCUT2D eigenvalue weighted by Crippen LogP contribution is -2.60. The molecule has 0 saturated carbocycles. The predicted molar refractivity (Wildman–Crippen MR) is 160 cm³/mol. The van der Waals surface area contributed by atoms with Gasteiger partial charge in [-0.2, -0.15) is 0 Å². The van der Waals surface area contributed by atoms with Crippen LogP contribution in [0.25, 0.3) is 0 Å². The van der Waals surface area contributed by atoms with Crippen molar-refractivity contribution in [3.05, 3.63) is 54.6 Å². The smallest absolute Gasteiger partial charge is 0.310 e. The Labute approximate surface area is 243 Å². The number of aliphatic hydroxyl groups excluding tert-OH is 1. The molecule has 3 saturated heterocycles. The van der Waals surface area contributed by atoms with Crippen molar-refractivity contribution in [1.82, 2.24) is 4.90 Å². The van der Waals surface area contributed by atoms with E-state index < -0.39 is 28.7 Å². The quantitative estimate of drug-likeness (QED) is 0.224. The van der Waals surface area contributed by atoms with Crippen molar-refractivity contribution in [2.45, 2.75) is 76.0 Å². The molecule has 4 rings (SSSR count). The van der Waals surface area contributed by atoms with Crippen LogP contribution in [0.4, 0.5) is 5.69 Å². The van der Waals surface area contributed by atoms with E-state index in [4.69, 9.17) is 4.74 Å². The number of aryl methyl sites for hydroxylation is 2. The number of allylic oxidation sites excluding steroid dienone is 1. The topological polar surface area (TPSA) is 87.1 Å². The van der Waals surface area contributed by atoms with Gasteiger partial charge in [0, 0.05) is 17.5 Å². The summed E-state index contributed by atoms with van der Waals surface area (Å²) in [5, 5.41) is 10.4. The van der Waals surface area contributed by atoms with Crippen LogP contribution in [0, 0.1) is 37.5 Å². The first-order valence-corrected chi connectivity index (χ1v) is 15.3. The molecule has 3 unspecified atom stereocenters. The molecule has 3 aliphatic heterocycles. The van der Waals surface area contributed by atoms with Crippen LogP contribution in [0.3, 0.4) is 0 Å². The summed E-state index contributed by atoms with van der Waals surface area (Å²) in [6, 6.07) is 4.54. The average molecular weight is 569 g/mol. The molecule has 7 nitrogen and oxygen atoms in total. The number of esters is 1. The van der Waals surface area contributed by atoms with Crippen molar-refractivity contribution in [2.24, 2.45) is 23.7 Å². The Bertz CT molecular complexity index is 1150. The second kappa shape index (κ2) is 12.1. The molecule has 1 aromatic rings. The Morgan fingerprint density at radius 2 is 1.93 bits per heavy atom. The number of fused-ring (bicyclic) bond motifs is 1. The van der Waals surface area contributed by atoms with Gasteiger partial charge in [0.15, 0.2) is 0 Å². The largest absolute Gasteiger partial charge is 0.465 e. The molecule has 2 bridgehead atoms. The number of unbranched alkanes of at least 4 members (excludes halogenated alkanes) is 1. The minimum Gasteiger partial charge on any atom is -0.465 e. The molecule has 1 spiro atoms. The van der Waals surface area contributed by atoms with Gasteiger partial charge in [-0.3, -0.25) is 14.4 Å². The lowest BCUT2D eigenvalue weighted by atomic mass is 9.66. The van der Waals surface area contributed by atoms with E-state index in [0.29, 0.717) is 6.42 Å². The Morgan fingerprint density at radius 3 is 2.50 bits per heavy atom. The van der Waals surface area contributed by atoms with Gasteiger partial charge in [-0.05, 0) is 56.1 Å². The highest BCUT2D eigenvalue weighted by molar-refractivity contribution is 8.02. The normalized spacial score (nSPS) is 29.4. The number of para-hydroxylation sites is 1. The first kappa shape index (κ1) is 30.4. The monoisotopic (exact) mass is 568 g/mol. The number of amides is 2. The Kier molecular flexibility index (Phi) is 9.20. The van der Waals surface area contributed by atoms with E-state index in [1.54, 1.807) is 33.7 Å². The molecule has 0 aromatic heterocycles. The average Bonchev–Trinajstić information content (AvgIpc) is 3.50. The SMILES string of the molecule is C=CCCCOC(=O)[C@@H]1[C@H]2C(=O)N([C@@H](CO)C(C)C)C(C(=O)N(CC=C)c3c(C)cccc3C)C23S[C@@H]1CC3C. The van der Waals surface area contributed by atoms with E-state index in [0.717, 1.165) is 29.7 Å². The first-order chi connectivity index (χ1) is 19.1. The van der Waals surface area contributed by atoms with Crippen molar-refractivity contribution in [3.8, 4) is 0 Å². The van der Waals surface area contributed by atoms with Crippen molar-refractivity contribution in [2.75, 3.05) is 24.7 Å². The summed E-state index contributed by atoms with van der Waals surface area (Å²) in [6.45, 7) is 17.9. The predicted octanol–water partition coefficient (Wildman–Crippen LogP) is 4.69. The molecule has 2 amide bonds. The van der Waals surface area contributed by atoms with E-state index in [1.165, 1.54) is 0 Å². The van der Waals surface area contributed by atoms with Crippen LogP contribution in [0.5, 0.6) is 0 Å². The molecule has 3 fully saturated rings. The Hall–Kier alpha value is -2.58. The van der Waals surface area contributed by atoms with Gasteiger partial charge in [-0.15, -0.1) is 24.9 Å². The zero-order valence-electron chi connectivity index (χ0n) is 24.5. The van der Waals surface area contributed by atoms with Crippen LogP contribution in [-0.4, -0.2) is 69.6 Å². The fourth-order valence-corrected chi connectivity index (χ4v) is 9.67. The van der Waals surface area contributed by atoms with Gasteiger partial charge in [-0.1, -0.05) is 51.1 Å². The van der Waals surface area contributed by atoms with Crippen LogP contribution in [0.15, 0.2) is 43.5 Å². The number of thioether (sulfide) groups is 1. The van der Waals surface area contributed by atoms with Gasteiger partial charge in [0.1, 0.15) is 6.04 Å². The van der Waals surface area contributed by atoms with E-state index >= 15 is 0 Å². The molecular weight excluding hydrogens is 524 g/mol. The number of aliphatic hydroxyl groups is 1. The first-order valence-electron chi connectivity index (χ1n) is 14.4. The summed E-state index contributed by atoms with van der Waals surface area (Å²) in [5.74, 6) is -2.12. The molecule has 0 aliphatic carbocycles. The standard InChI is InChI=1S/C32H44N2O5S/c1-8-10-11-16-39-31(38)25-24-17-22(7)32(40-24)26(25)29(36)34(23(18-35)19(3)4)28(32)30(37)33(15-9-2)27-20(5)13-12-14-21(27)6/h8-9,12-14,19,22-26,28,35H,1-2,10-11,15-18H2,3-7H3/t22?,23-,24+,25-,26-,28?,32?/m0/s1. The van der Waals surface area contributed by atoms with E-state index in [-0.39, 0.29) is 54.6 Å². The minimum atomic E-state index is -0.827. The molecule has 3 aliphatic rings. The third kappa shape index (κ3) is 4.81. The number of hydrogen-bond acceptors (Lipinski definition) is 6. The molecular formula is C32H44N2O5S. The summed E-state index contributed by atoms with van der Waals surface area (Å²) in [5.41, 5.74) is 2.73. The molecule has 218 valence electrons. The number of hydrogen-bond donors (Lipinski definition) is 1. The third-order valence-electron chi connectivity index (χ3n) is 9.09. The zero-order chi connectivity index (χ0) is 29.4. The number of nitrogens with zero attached hydrogens (tertiary/aromatic N) is 2. The maximum atomic E-state index is 14.9. The molecule has 0 radical (unpaired) electrons. The Morgan fingerprint density at radius 1 is 1.25 bits per heavy atom. The van der Waals surface area contributed by atoms with Crippen molar-refractivity contribution < 1.29 is 24.2 Å². The molecule has 1 aromatic carbocycles. The summed E-state index contributed by atoms with van der Waals surface area (Å²) in [7, 11) is 0. The number of benzene rings is 1. The molecule has 3 heterocycles. The fourth-order valence-electron chi connectivity index (χ4n) is 7.28. The van der Waals surface area contributed by atoms with Gasteiger partial charge >= 0.3 is 5.97 Å². The van der Waals surface area contributed by atoms with Crippen LogP contribution < -0.4 is 4.90 Å². The number of likely N-dealkylation sites (tertiary alicyclic amines) is 1. The molecule has 8 heteroatoms. The highest BCUT2D eigenvalue weighted by Gasteiger charge is 2.77. The van der Waals surface area contributed by atoms with Gasteiger partial charge in [0.2, 0.25) is 5.91 Å². The lowest BCUT2D eigenvalue weighted by molar-refractivity contribution is -0.155. The van der Waals surface area contributed by atoms with Crippen LogP contribution in [0.2, 0.25) is 0 Å². The summed E-state index contributed by atoms with van der Waals surface area (Å²) >= 11 is 1.63. The zero-order valence-corrected chi connectivity index (χ0v) is 25.3. The number of rotatable bonds is 12. The van der Waals surface area contributed by atoms with Gasteiger partial charge in [0.25, 0.3) is 5.91 Å². The molecule has 40 heavy (non-hydrogen) atoms. The highest BCUT2D eigenvalue weighted by Crippen LogP contribution is 2.69. The van der Waals surface area contributed by atoms with Gasteiger partial charge < -0.3 is 19.6 Å². The van der Waals surface area contributed by atoms with Gasteiger partial charge in [0.05, 0.1) is 35.8 Å². The lowest BCUT2D eigenvalue weighted by Gasteiger charge is -2.43. The maximum absolute atomic E-state index is 14.9. The number of carbonyl (C=O) groups is 3. The van der Waals surface area contributed by atoms with E-state index in [2.05, 4.69) is 20.1 Å². The van der Waals surface area contributed by atoms with Crippen LogP contribution in [0.1, 0.15) is 51.2 Å². The van der Waals surface area contributed by atoms with Crippen molar-refractivity contribution in [3.63, 3.8) is 0 Å². The van der Waals surface area contributed by atoms with Crippen molar-refractivity contribution >= 4 is 35.2 Å². The van der Waals surface area contributed by atoms with Crippen molar-refractivity contribution in [1.29, 1.82) is 0 Å². The number of ether oxygens (including phenoxy) is 1. The second-order valence-corrected chi connectivity index (χ2v) is 13.4. The summed E-state index contributed by atoms with van der Waals surface area (Å²) < 4.78 is 4.90.